The fraction of sp³-hybridized carbons (Fsp3) is 0.700. The van der Waals surface area contributed by atoms with Gasteiger partial charge in [0.1, 0.15) is 5.01 Å². The zero-order chi connectivity index (χ0) is 10.4. The molecule has 0 aromatic carbocycles. The highest BCUT2D eigenvalue weighted by molar-refractivity contribution is 7.97. The number of hydrogen-bond donors (Lipinski definition) is 1. The van der Waals surface area contributed by atoms with Crippen LogP contribution in [0.25, 0.3) is 0 Å². The zero-order valence-corrected chi connectivity index (χ0v) is 10.7. The molecule has 1 aromatic heterocycles. The first-order valence-corrected chi connectivity index (χ1v) is 7.06. The van der Waals surface area contributed by atoms with Gasteiger partial charge in [0.05, 0.1) is 0 Å². The van der Waals surface area contributed by atoms with Gasteiger partial charge in [0.15, 0.2) is 0 Å². The van der Waals surface area contributed by atoms with E-state index in [0.29, 0.717) is 5.92 Å². The predicted octanol–water partition coefficient (Wildman–Crippen LogP) is 2.75. The molecule has 0 aliphatic rings. The fourth-order valence-corrected chi connectivity index (χ4v) is 2.70. The molecule has 0 unspecified atom stereocenters. The lowest BCUT2D eigenvalue weighted by Gasteiger charge is -2.04. The Morgan fingerprint density at radius 2 is 2.36 bits per heavy atom. The highest BCUT2D eigenvalue weighted by Gasteiger charge is 2.01. The van der Waals surface area contributed by atoms with E-state index in [1.54, 1.807) is 0 Å². The minimum atomic E-state index is 0.716. The van der Waals surface area contributed by atoms with Crippen molar-refractivity contribution in [3.8, 4) is 0 Å². The molecule has 2 nitrogen and oxygen atoms in total. The van der Waals surface area contributed by atoms with Gasteiger partial charge in [0.2, 0.25) is 0 Å². The molecule has 0 fully saturated rings. The standard InChI is InChI=1S/C10H18N2S2/c1-8(2)4-11-5-9-6-12-10(14-9)7-13-3/h6,8,11H,4-5,7H2,1-3H3. The Bertz CT molecular complexity index is 258. The predicted molar refractivity (Wildman–Crippen MR) is 65.9 cm³/mol. The van der Waals surface area contributed by atoms with E-state index in [2.05, 4.69) is 30.4 Å². The van der Waals surface area contributed by atoms with E-state index in [-0.39, 0.29) is 0 Å². The Balaban J connectivity index is 2.28. The average molecular weight is 230 g/mol. The molecular weight excluding hydrogens is 212 g/mol. The van der Waals surface area contributed by atoms with Crippen LogP contribution in [0.3, 0.4) is 0 Å². The van der Waals surface area contributed by atoms with E-state index in [9.17, 15) is 0 Å². The highest BCUT2D eigenvalue weighted by Crippen LogP contribution is 2.16. The number of nitrogens with zero attached hydrogens (tertiary/aromatic N) is 1. The molecule has 14 heavy (non-hydrogen) atoms. The molecule has 0 atom stereocenters. The molecule has 0 amide bonds. The molecule has 80 valence electrons. The van der Waals surface area contributed by atoms with Gasteiger partial charge >= 0.3 is 0 Å². The Morgan fingerprint density at radius 3 is 3.00 bits per heavy atom. The summed E-state index contributed by atoms with van der Waals surface area (Å²) < 4.78 is 0. The molecule has 1 heterocycles. The van der Waals surface area contributed by atoms with Crippen LogP contribution < -0.4 is 5.32 Å². The van der Waals surface area contributed by atoms with E-state index in [4.69, 9.17) is 0 Å². The summed E-state index contributed by atoms with van der Waals surface area (Å²) in [5.74, 6) is 1.75. The fourth-order valence-electron chi connectivity index (χ4n) is 1.10. The van der Waals surface area contributed by atoms with Crippen molar-refractivity contribution in [2.75, 3.05) is 12.8 Å². The summed E-state index contributed by atoms with van der Waals surface area (Å²) in [6, 6.07) is 0. The first-order valence-electron chi connectivity index (χ1n) is 4.85. The van der Waals surface area contributed by atoms with Crippen LogP contribution in [0.15, 0.2) is 6.20 Å². The summed E-state index contributed by atoms with van der Waals surface area (Å²) in [7, 11) is 0. The molecule has 0 aliphatic heterocycles. The number of aromatic nitrogens is 1. The molecular formula is C10H18N2S2. The summed E-state index contributed by atoms with van der Waals surface area (Å²) in [5.41, 5.74) is 0. The third-order valence-electron chi connectivity index (χ3n) is 1.72. The summed E-state index contributed by atoms with van der Waals surface area (Å²) in [6.45, 7) is 6.48. The summed E-state index contributed by atoms with van der Waals surface area (Å²) in [6.07, 6.45) is 4.10. The second-order valence-corrected chi connectivity index (χ2v) is 5.74. The summed E-state index contributed by atoms with van der Waals surface area (Å²) in [5, 5.41) is 4.66. The van der Waals surface area contributed by atoms with E-state index in [1.807, 2.05) is 29.3 Å². The topological polar surface area (TPSA) is 24.9 Å². The number of hydrogen-bond acceptors (Lipinski definition) is 4. The first kappa shape index (κ1) is 12.0. The van der Waals surface area contributed by atoms with E-state index in [1.165, 1.54) is 9.88 Å². The maximum absolute atomic E-state index is 4.36. The van der Waals surface area contributed by atoms with Crippen LogP contribution in [0.4, 0.5) is 0 Å². The minimum Gasteiger partial charge on any atom is -0.312 e. The van der Waals surface area contributed by atoms with Crippen molar-refractivity contribution in [2.24, 2.45) is 5.92 Å². The number of rotatable bonds is 6. The van der Waals surface area contributed by atoms with Crippen molar-refractivity contribution in [1.82, 2.24) is 10.3 Å². The Morgan fingerprint density at radius 1 is 1.57 bits per heavy atom. The molecule has 0 saturated carbocycles. The Kier molecular flexibility index (Phi) is 5.52. The van der Waals surface area contributed by atoms with E-state index >= 15 is 0 Å². The van der Waals surface area contributed by atoms with Crippen LogP contribution in [0.5, 0.6) is 0 Å². The smallest absolute Gasteiger partial charge is 0.103 e. The second-order valence-electron chi connectivity index (χ2n) is 3.68. The normalized spacial score (nSPS) is 11.1. The van der Waals surface area contributed by atoms with Gasteiger partial charge in [-0.05, 0) is 18.7 Å². The Hall–Kier alpha value is -0.0600. The van der Waals surface area contributed by atoms with Gasteiger partial charge in [-0.3, -0.25) is 0 Å². The lowest BCUT2D eigenvalue weighted by Crippen LogP contribution is -2.18. The minimum absolute atomic E-state index is 0.716. The number of thiazole rings is 1. The molecule has 0 spiro atoms. The monoisotopic (exact) mass is 230 g/mol. The van der Waals surface area contributed by atoms with Gasteiger partial charge in [-0.15, -0.1) is 11.3 Å². The third-order valence-corrected chi connectivity index (χ3v) is 3.46. The van der Waals surface area contributed by atoms with Gasteiger partial charge in [0.25, 0.3) is 0 Å². The summed E-state index contributed by atoms with van der Waals surface area (Å²) >= 11 is 3.64. The molecule has 1 N–H and O–H groups in total. The lowest BCUT2D eigenvalue weighted by molar-refractivity contribution is 0.554. The van der Waals surface area contributed by atoms with Crippen LogP contribution in [0, 0.1) is 5.92 Å². The van der Waals surface area contributed by atoms with Gasteiger partial charge in [-0.2, -0.15) is 11.8 Å². The van der Waals surface area contributed by atoms with Crippen LogP contribution in [0.2, 0.25) is 0 Å². The van der Waals surface area contributed by atoms with E-state index in [0.717, 1.165) is 18.8 Å². The molecule has 1 rings (SSSR count). The largest absolute Gasteiger partial charge is 0.312 e. The third kappa shape index (κ3) is 4.44. The van der Waals surface area contributed by atoms with Gasteiger partial charge < -0.3 is 5.32 Å². The summed E-state index contributed by atoms with van der Waals surface area (Å²) in [4.78, 5) is 5.70. The van der Waals surface area contributed by atoms with Crippen molar-refractivity contribution in [2.45, 2.75) is 26.1 Å². The van der Waals surface area contributed by atoms with Gasteiger partial charge in [-0.1, -0.05) is 13.8 Å². The van der Waals surface area contributed by atoms with Crippen molar-refractivity contribution in [3.63, 3.8) is 0 Å². The second kappa shape index (κ2) is 6.43. The average Bonchev–Trinajstić information content (AvgIpc) is 2.53. The van der Waals surface area contributed by atoms with Gasteiger partial charge in [0, 0.05) is 23.4 Å². The quantitative estimate of drug-likeness (QED) is 0.813. The molecule has 0 saturated heterocycles. The van der Waals surface area contributed by atoms with Gasteiger partial charge in [-0.25, -0.2) is 4.98 Å². The van der Waals surface area contributed by atoms with Crippen LogP contribution in [-0.2, 0) is 12.3 Å². The van der Waals surface area contributed by atoms with Crippen LogP contribution in [0.1, 0.15) is 23.7 Å². The first-order chi connectivity index (χ1) is 6.72. The van der Waals surface area contributed by atoms with Crippen LogP contribution in [-0.4, -0.2) is 17.8 Å². The molecule has 1 aromatic rings. The van der Waals surface area contributed by atoms with Crippen molar-refractivity contribution in [1.29, 1.82) is 0 Å². The van der Waals surface area contributed by atoms with Crippen molar-refractivity contribution in [3.05, 3.63) is 16.1 Å². The van der Waals surface area contributed by atoms with Crippen molar-refractivity contribution < 1.29 is 0 Å². The highest BCUT2D eigenvalue weighted by atomic mass is 32.2. The lowest BCUT2D eigenvalue weighted by atomic mass is 10.2. The SMILES string of the molecule is CSCc1ncc(CNCC(C)C)s1. The maximum atomic E-state index is 4.36. The zero-order valence-electron chi connectivity index (χ0n) is 9.04. The molecule has 0 radical (unpaired) electrons. The Labute approximate surface area is 94.5 Å². The number of nitrogens with one attached hydrogen (secondary N) is 1. The molecule has 0 bridgehead atoms. The molecule has 4 heteroatoms. The van der Waals surface area contributed by atoms with E-state index < -0.39 is 0 Å². The van der Waals surface area contributed by atoms with Crippen LogP contribution >= 0.6 is 23.1 Å². The molecule has 0 aliphatic carbocycles. The number of thioether (sulfide) groups is 1. The maximum Gasteiger partial charge on any atom is 0.103 e. The van der Waals surface area contributed by atoms with Crippen molar-refractivity contribution >= 4 is 23.1 Å².